The van der Waals surface area contributed by atoms with E-state index in [0.717, 1.165) is 18.4 Å². The van der Waals surface area contributed by atoms with Crippen LogP contribution < -0.4 is 4.74 Å². The smallest absolute Gasteiger partial charge is 0.227 e. The monoisotopic (exact) mass is 399 g/mol. The zero-order valence-corrected chi connectivity index (χ0v) is 16.4. The summed E-state index contributed by atoms with van der Waals surface area (Å²) >= 11 is 6.08. The standard InChI is InChI=1S/C21H22ClN3O3/c1-28-19-7-8-24-13-16(19)21(27)18-4-2-3-9-25(18)20(26)11-14-5-6-15(12-23)17(22)10-14/h5-8,10,13,18,21,27H,2-4,9,11H2,1H3/t18-,21?/m1/s1. The van der Waals surface area contributed by atoms with Crippen molar-refractivity contribution in [3.63, 3.8) is 0 Å². The molecular formula is C21H22ClN3O3. The van der Waals surface area contributed by atoms with Crippen LogP contribution in [-0.4, -0.2) is 40.6 Å². The van der Waals surface area contributed by atoms with Crippen molar-refractivity contribution in [1.82, 2.24) is 9.88 Å². The summed E-state index contributed by atoms with van der Waals surface area (Å²) in [5, 5.41) is 20.3. The third-order valence-corrected chi connectivity index (χ3v) is 5.40. The minimum Gasteiger partial charge on any atom is -0.496 e. The summed E-state index contributed by atoms with van der Waals surface area (Å²) in [6.45, 7) is 0.590. The van der Waals surface area contributed by atoms with Gasteiger partial charge in [0.1, 0.15) is 17.9 Å². The fraction of sp³-hybridized carbons (Fsp3) is 0.381. The quantitative estimate of drug-likeness (QED) is 0.833. The average molecular weight is 400 g/mol. The first-order chi connectivity index (χ1) is 13.5. The van der Waals surface area contributed by atoms with Crippen molar-refractivity contribution < 1.29 is 14.6 Å². The van der Waals surface area contributed by atoms with E-state index in [1.165, 1.54) is 0 Å². The van der Waals surface area contributed by atoms with Gasteiger partial charge in [0.15, 0.2) is 0 Å². The van der Waals surface area contributed by atoms with Crippen LogP contribution in [0.25, 0.3) is 0 Å². The summed E-state index contributed by atoms with van der Waals surface area (Å²) < 4.78 is 5.34. The SMILES string of the molecule is COc1ccncc1C(O)[C@H]1CCCCN1C(=O)Cc1ccc(C#N)c(Cl)c1. The number of hydrogen-bond donors (Lipinski definition) is 1. The number of ether oxygens (including phenoxy) is 1. The van der Waals surface area contributed by atoms with E-state index < -0.39 is 6.10 Å². The lowest BCUT2D eigenvalue weighted by molar-refractivity contribution is -0.137. The van der Waals surface area contributed by atoms with E-state index in [1.54, 1.807) is 48.7 Å². The van der Waals surface area contributed by atoms with Crippen LogP contribution in [0.15, 0.2) is 36.7 Å². The average Bonchev–Trinajstić information content (AvgIpc) is 2.73. The lowest BCUT2D eigenvalue weighted by Crippen LogP contribution is -2.47. The molecule has 0 saturated carbocycles. The molecule has 1 N–H and O–H groups in total. The number of amides is 1. The Kier molecular flexibility index (Phi) is 6.50. The molecule has 2 aromatic rings. The third-order valence-electron chi connectivity index (χ3n) is 5.09. The van der Waals surface area contributed by atoms with E-state index in [4.69, 9.17) is 21.6 Å². The molecule has 7 heteroatoms. The van der Waals surface area contributed by atoms with Crippen molar-refractivity contribution in [2.45, 2.75) is 37.8 Å². The highest BCUT2D eigenvalue weighted by molar-refractivity contribution is 6.31. The van der Waals surface area contributed by atoms with Gasteiger partial charge in [0.25, 0.3) is 0 Å². The molecule has 1 aromatic heterocycles. The molecule has 1 saturated heterocycles. The number of aliphatic hydroxyl groups is 1. The van der Waals surface area contributed by atoms with Gasteiger partial charge in [0, 0.05) is 24.5 Å². The first-order valence-electron chi connectivity index (χ1n) is 9.19. The number of nitrogens with zero attached hydrogens (tertiary/aromatic N) is 3. The predicted molar refractivity (Wildman–Crippen MR) is 105 cm³/mol. The summed E-state index contributed by atoms with van der Waals surface area (Å²) in [5.74, 6) is 0.478. The fourth-order valence-corrected chi connectivity index (χ4v) is 3.89. The van der Waals surface area contributed by atoms with Crippen LogP contribution in [0.1, 0.15) is 42.1 Å². The first kappa shape index (κ1) is 20.1. The minimum absolute atomic E-state index is 0.0765. The van der Waals surface area contributed by atoms with Gasteiger partial charge in [-0.3, -0.25) is 9.78 Å². The number of nitriles is 1. The molecular weight excluding hydrogens is 378 g/mol. The zero-order valence-electron chi connectivity index (χ0n) is 15.6. The van der Waals surface area contributed by atoms with Crippen LogP contribution in [0, 0.1) is 11.3 Å². The van der Waals surface area contributed by atoms with E-state index in [0.29, 0.717) is 34.9 Å². The van der Waals surface area contributed by atoms with Crippen LogP contribution in [0.2, 0.25) is 5.02 Å². The molecule has 0 spiro atoms. The number of halogens is 1. The lowest BCUT2D eigenvalue weighted by Gasteiger charge is -2.39. The number of pyridine rings is 1. The van der Waals surface area contributed by atoms with E-state index in [-0.39, 0.29) is 18.4 Å². The highest BCUT2D eigenvalue weighted by Crippen LogP contribution is 2.33. The van der Waals surface area contributed by atoms with Crippen LogP contribution in [0.3, 0.4) is 0 Å². The molecule has 1 aliphatic heterocycles. The molecule has 1 fully saturated rings. The van der Waals surface area contributed by atoms with Gasteiger partial charge >= 0.3 is 0 Å². The molecule has 6 nitrogen and oxygen atoms in total. The Bertz CT molecular complexity index is 897. The summed E-state index contributed by atoms with van der Waals surface area (Å²) in [7, 11) is 1.55. The normalized spacial score (nSPS) is 17.6. The van der Waals surface area contributed by atoms with Gasteiger partial charge in [0.2, 0.25) is 5.91 Å². The number of hydrogen-bond acceptors (Lipinski definition) is 5. The minimum atomic E-state index is -0.877. The van der Waals surface area contributed by atoms with Gasteiger partial charge < -0.3 is 14.7 Å². The number of methoxy groups -OCH3 is 1. The molecule has 1 amide bonds. The molecule has 3 rings (SSSR count). The number of likely N-dealkylation sites (tertiary alicyclic amines) is 1. The molecule has 1 aromatic carbocycles. The van der Waals surface area contributed by atoms with Gasteiger partial charge in [-0.15, -0.1) is 0 Å². The Morgan fingerprint density at radius 1 is 1.46 bits per heavy atom. The Morgan fingerprint density at radius 3 is 3.00 bits per heavy atom. The van der Waals surface area contributed by atoms with Crippen molar-refractivity contribution in [2.75, 3.05) is 13.7 Å². The Balaban J connectivity index is 1.80. The van der Waals surface area contributed by atoms with Crippen LogP contribution in [-0.2, 0) is 11.2 Å². The van der Waals surface area contributed by atoms with Crippen molar-refractivity contribution in [1.29, 1.82) is 5.26 Å². The lowest BCUT2D eigenvalue weighted by atomic mass is 9.92. The maximum Gasteiger partial charge on any atom is 0.227 e. The van der Waals surface area contributed by atoms with Crippen molar-refractivity contribution >= 4 is 17.5 Å². The topological polar surface area (TPSA) is 86.5 Å². The van der Waals surface area contributed by atoms with E-state index in [2.05, 4.69) is 4.98 Å². The molecule has 0 radical (unpaired) electrons. The van der Waals surface area contributed by atoms with Crippen molar-refractivity contribution in [3.8, 4) is 11.8 Å². The Morgan fingerprint density at radius 2 is 2.29 bits per heavy atom. The van der Waals surface area contributed by atoms with E-state index in [9.17, 15) is 9.90 Å². The number of piperidine rings is 1. The van der Waals surface area contributed by atoms with Crippen molar-refractivity contribution in [3.05, 3.63) is 58.4 Å². The number of carbonyl (C=O) groups is 1. The highest BCUT2D eigenvalue weighted by atomic mass is 35.5. The van der Waals surface area contributed by atoms with Gasteiger partial charge in [-0.25, -0.2) is 0 Å². The van der Waals surface area contributed by atoms with E-state index >= 15 is 0 Å². The molecule has 0 bridgehead atoms. The zero-order chi connectivity index (χ0) is 20.1. The van der Waals surface area contributed by atoms with Gasteiger partial charge in [0.05, 0.1) is 30.2 Å². The number of carbonyl (C=O) groups excluding carboxylic acids is 1. The predicted octanol–water partition coefficient (Wildman–Crippen LogP) is 3.27. The second kappa shape index (κ2) is 9.05. The van der Waals surface area contributed by atoms with Crippen LogP contribution >= 0.6 is 11.6 Å². The molecule has 1 unspecified atom stereocenters. The Labute approximate surface area is 169 Å². The summed E-state index contributed by atoms with van der Waals surface area (Å²) in [6, 6.07) is 8.38. The van der Waals surface area contributed by atoms with Crippen LogP contribution in [0.4, 0.5) is 0 Å². The first-order valence-corrected chi connectivity index (χ1v) is 9.57. The van der Waals surface area contributed by atoms with E-state index in [1.807, 2.05) is 6.07 Å². The summed E-state index contributed by atoms with van der Waals surface area (Å²) in [6.07, 6.45) is 5.02. The van der Waals surface area contributed by atoms with Gasteiger partial charge in [-0.1, -0.05) is 17.7 Å². The molecule has 2 atom stereocenters. The fourth-order valence-electron chi connectivity index (χ4n) is 3.64. The second-order valence-corrected chi connectivity index (χ2v) is 7.22. The number of aliphatic hydroxyl groups excluding tert-OH is 1. The summed E-state index contributed by atoms with van der Waals surface area (Å²) in [5.41, 5.74) is 1.70. The second-order valence-electron chi connectivity index (χ2n) is 6.82. The van der Waals surface area contributed by atoms with Crippen molar-refractivity contribution in [2.24, 2.45) is 0 Å². The highest BCUT2D eigenvalue weighted by Gasteiger charge is 2.34. The number of rotatable bonds is 5. The molecule has 2 heterocycles. The third kappa shape index (κ3) is 4.27. The number of benzene rings is 1. The number of aromatic nitrogens is 1. The molecule has 1 aliphatic rings. The molecule has 146 valence electrons. The maximum atomic E-state index is 13.0. The molecule has 0 aliphatic carbocycles. The van der Waals surface area contributed by atoms with Gasteiger partial charge in [-0.05, 0) is 43.0 Å². The van der Waals surface area contributed by atoms with Gasteiger partial charge in [-0.2, -0.15) is 5.26 Å². The maximum absolute atomic E-state index is 13.0. The largest absolute Gasteiger partial charge is 0.496 e. The Hall–Kier alpha value is -2.62. The molecule has 28 heavy (non-hydrogen) atoms. The summed E-state index contributed by atoms with van der Waals surface area (Å²) in [4.78, 5) is 18.8. The van der Waals surface area contributed by atoms with Crippen LogP contribution in [0.5, 0.6) is 5.75 Å².